The molecule has 1 saturated heterocycles. The number of carbonyl (C=O) groups is 3. The normalized spacial score (nSPS) is 26.3. The van der Waals surface area contributed by atoms with E-state index in [-0.39, 0.29) is 38.2 Å². The Kier molecular flexibility index (Phi) is 5.88. The number of nitrogens with zero attached hydrogens (tertiary/aromatic N) is 1. The van der Waals surface area contributed by atoms with E-state index in [2.05, 4.69) is 5.32 Å². The van der Waals surface area contributed by atoms with Crippen LogP contribution < -0.4 is 11.1 Å². The molecule has 2 aliphatic rings. The lowest BCUT2D eigenvalue weighted by Gasteiger charge is -2.35. The van der Waals surface area contributed by atoms with Gasteiger partial charge in [-0.1, -0.05) is 20.8 Å². The van der Waals surface area contributed by atoms with Crippen molar-refractivity contribution in [2.24, 2.45) is 11.1 Å². The molecule has 0 bridgehead atoms. The van der Waals surface area contributed by atoms with Crippen LogP contribution in [0.25, 0.3) is 0 Å². The maximum atomic E-state index is 13.9. The average Bonchev–Trinajstić information content (AvgIpc) is 3.04. The third-order valence-corrected chi connectivity index (χ3v) is 4.37. The van der Waals surface area contributed by atoms with Crippen LogP contribution in [0.1, 0.15) is 40.0 Å². The summed E-state index contributed by atoms with van der Waals surface area (Å²) in [6.45, 7) is 5.17. The highest BCUT2D eigenvalue weighted by Gasteiger charge is 2.53. The molecule has 9 heteroatoms. The number of β-amino-alcohol motifs (C(OH)–C–C–N with tert-alkyl or cyclic N) is 1. The minimum atomic E-state index is -1.89. The van der Waals surface area contributed by atoms with Gasteiger partial charge in [-0.25, -0.2) is 4.39 Å². The van der Waals surface area contributed by atoms with Crippen LogP contribution in [0.3, 0.4) is 0 Å². The number of nitrogens with two attached hydrogens (primary N) is 1. The first-order valence-electron chi connectivity index (χ1n) is 7.73. The van der Waals surface area contributed by atoms with E-state index in [4.69, 9.17) is 5.73 Å². The molecule has 2 rings (SSSR count). The highest BCUT2D eigenvalue weighted by atomic mass is 35.5. The number of primary amides is 1. The van der Waals surface area contributed by atoms with Gasteiger partial charge in [0.15, 0.2) is 5.67 Å². The fourth-order valence-corrected chi connectivity index (χ4v) is 2.74. The summed E-state index contributed by atoms with van der Waals surface area (Å²) in [6.07, 6.45) is -0.477. The Labute approximate surface area is 146 Å². The number of amides is 3. The van der Waals surface area contributed by atoms with Gasteiger partial charge in [0.2, 0.25) is 11.8 Å². The summed E-state index contributed by atoms with van der Waals surface area (Å²) >= 11 is 0. The van der Waals surface area contributed by atoms with Crippen molar-refractivity contribution < 1.29 is 23.9 Å². The molecule has 2 unspecified atom stereocenters. The van der Waals surface area contributed by atoms with E-state index in [0.717, 1.165) is 0 Å². The summed E-state index contributed by atoms with van der Waals surface area (Å²) in [5.41, 5.74) is 2.71. The summed E-state index contributed by atoms with van der Waals surface area (Å²) in [7, 11) is 0. The molecule has 1 aliphatic carbocycles. The number of carbonyl (C=O) groups excluding carboxylic acids is 3. The number of aliphatic hydroxyl groups excluding tert-OH is 1. The fourth-order valence-electron chi connectivity index (χ4n) is 2.74. The second-order valence-corrected chi connectivity index (χ2v) is 7.54. The molecule has 1 heterocycles. The molecular weight excluding hydrogens is 341 g/mol. The van der Waals surface area contributed by atoms with E-state index in [1.165, 1.54) is 4.90 Å². The van der Waals surface area contributed by atoms with Gasteiger partial charge in [0.25, 0.3) is 5.91 Å². The molecule has 138 valence electrons. The minimum absolute atomic E-state index is 0. The molecule has 24 heavy (non-hydrogen) atoms. The van der Waals surface area contributed by atoms with Crippen LogP contribution in [0.15, 0.2) is 0 Å². The van der Waals surface area contributed by atoms with E-state index < -0.39 is 47.0 Å². The van der Waals surface area contributed by atoms with E-state index in [9.17, 15) is 23.9 Å². The minimum Gasteiger partial charge on any atom is -0.391 e. The van der Waals surface area contributed by atoms with Crippen molar-refractivity contribution in [1.29, 1.82) is 0 Å². The van der Waals surface area contributed by atoms with Gasteiger partial charge in [-0.05, 0) is 18.3 Å². The van der Waals surface area contributed by atoms with Gasteiger partial charge in [-0.3, -0.25) is 14.4 Å². The zero-order chi connectivity index (χ0) is 17.6. The lowest BCUT2D eigenvalue weighted by molar-refractivity contribution is -0.144. The summed E-state index contributed by atoms with van der Waals surface area (Å²) in [6, 6.07) is -1.92. The number of rotatable bonds is 4. The SMILES string of the molecule is CC(C)(C)[C@H](NC(=O)C1(F)CC1)C(=O)N1CC(O)CC1C(N)=O.Cl. The molecule has 3 amide bonds. The Bertz CT molecular complexity index is 533. The van der Waals surface area contributed by atoms with E-state index in [0.29, 0.717) is 0 Å². The fraction of sp³-hybridized carbons (Fsp3) is 0.800. The van der Waals surface area contributed by atoms with Gasteiger partial charge < -0.3 is 21.1 Å². The standard InChI is InChI=1S/C15H24FN3O4.ClH/c1-14(2,3)10(18-13(23)15(16)4-5-15)12(22)19-7-8(20)6-9(19)11(17)21;/h8-10,20H,4-7H2,1-3H3,(H2,17,21)(H,18,23);1H/t8?,9?,10-;/m1./s1. The van der Waals surface area contributed by atoms with Gasteiger partial charge in [0, 0.05) is 13.0 Å². The molecule has 0 aromatic heterocycles. The van der Waals surface area contributed by atoms with Crippen molar-refractivity contribution in [3.63, 3.8) is 0 Å². The number of alkyl halides is 1. The second kappa shape index (κ2) is 6.84. The first-order chi connectivity index (χ1) is 10.5. The lowest BCUT2D eigenvalue weighted by Crippen LogP contribution is -2.58. The van der Waals surface area contributed by atoms with Crippen molar-refractivity contribution in [3.05, 3.63) is 0 Å². The lowest BCUT2D eigenvalue weighted by atomic mass is 9.85. The predicted molar refractivity (Wildman–Crippen MR) is 87.0 cm³/mol. The third kappa shape index (κ3) is 4.16. The molecule has 0 spiro atoms. The molecule has 1 aliphatic heterocycles. The molecule has 0 radical (unpaired) electrons. The highest BCUT2D eigenvalue weighted by Crippen LogP contribution is 2.40. The van der Waals surface area contributed by atoms with Crippen LogP contribution in [-0.2, 0) is 14.4 Å². The molecule has 3 atom stereocenters. The second-order valence-electron chi connectivity index (χ2n) is 7.54. The molecule has 7 nitrogen and oxygen atoms in total. The van der Waals surface area contributed by atoms with Crippen LogP contribution >= 0.6 is 12.4 Å². The summed E-state index contributed by atoms with van der Waals surface area (Å²) in [5.74, 6) is -2.05. The van der Waals surface area contributed by atoms with E-state index >= 15 is 0 Å². The van der Waals surface area contributed by atoms with Gasteiger partial charge >= 0.3 is 0 Å². The molecule has 4 N–H and O–H groups in total. The van der Waals surface area contributed by atoms with Crippen molar-refractivity contribution in [3.8, 4) is 0 Å². The Morgan fingerprint density at radius 1 is 1.33 bits per heavy atom. The Morgan fingerprint density at radius 2 is 1.88 bits per heavy atom. The van der Waals surface area contributed by atoms with E-state index in [1.807, 2.05) is 0 Å². The van der Waals surface area contributed by atoms with Crippen LogP contribution in [-0.4, -0.2) is 58.1 Å². The highest BCUT2D eigenvalue weighted by molar-refractivity contribution is 5.95. The van der Waals surface area contributed by atoms with E-state index in [1.54, 1.807) is 20.8 Å². The number of hydrogen-bond acceptors (Lipinski definition) is 4. The van der Waals surface area contributed by atoms with Gasteiger partial charge in [0.05, 0.1) is 6.10 Å². The van der Waals surface area contributed by atoms with Gasteiger partial charge in [0.1, 0.15) is 12.1 Å². The quantitative estimate of drug-likeness (QED) is 0.645. The Morgan fingerprint density at radius 3 is 2.29 bits per heavy atom. The molecule has 0 aromatic rings. The number of hydrogen-bond donors (Lipinski definition) is 3. The number of likely N-dealkylation sites (tertiary alicyclic amines) is 1. The summed E-state index contributed by atoms with van der Waals surface area (Å²) < 4.78 is 13.9. The van der Waals surface area contributed by atoms with Gasteiger partial charge in [-0.2, -0.15) is 0 Å². The van der Waals surface area contributed by atoms with Crippen LogP contribution in [0.4, 0.5) is 4.39 Å². The largest absolute Gasteiger partial charge is 0.391 e. The van der Waals surface area contributed by atoms with Crippen LogP contribution in [0.2, 0.25) is 0 Å². The van der Waals surface area contributed by atoms with Crippen LogP contribution in [0, 0.1) is 5.41 Å². The molecular formula is C15H25ClFN3O4. The zero-order valence-electron chi connectivity index (χ0n) is 14.0. The predicted octanol–water partition coefficient (Wildman–Crippen LogP) is -0.112. The number of nitrogens with one attached hydrogen (secondary N) is 1. The van der Waals surface area contributed by atoms with Crippen molar-refractivity contribution in [2.45, 2.75) is 63.9 Å². The Balaban J connectivity index is 0.00000288. The van der Waals surface area contributed by atoms with Crippen molar-refractivity contribution in [2.75, 3.05) is 6.54 Å². The maximum absolute atomic E-state index is 13.9. The maximum Gasteiger partial charge on any atom is 0.258 e. The molecule has 1 saturated carbocycles. The monoisotopic (exact) mass is 365 g/mol. The topological polar surface area (TPSA) is 113 Å². The van der Waals surface area contributed by atoms with Gasteiger partial charge in [-0.15, -0.1) is 12.4 Å². The third-order valence-electron chi connectivity index (χ3n) is 4.37. The number of halogens is 2. The Hall–Kier alpha value is -1.41. The smallest absolute Gasteiger partial charge is 0.258 e. The average molecular weight is 366 g/mol. The van der Waals surface area contributed by atoms with Crippen LogP contribution in [0.5, 0.6) is 0 Å². The van der Waals surface area contributed by atoms with Crippen molar-refractivity contribution >= 4 is 30.1 Å². The first-order valence-corrected chi connectivity index (χ1v) is 7.73. The van der Waals surface area contributed by atoms with Crippen molar-refractivity contribution in [1.82, 2.24) is 10.2 Å². The number of aliphatic hydroxyl groups is 1. The molecule has 2 fully saturated rings. The first kappa shape index (κ1) is 20.6. The summed E-state index contributed by atoms with van der Waals surface area (Å²) in [5, 5.41) is 12.2. The zero-order valence-corrected chi connectivity index (χ0v) is 14.9. The summed E-state index contributed by atoms with van der Waals surface area (Å²) in [4.78, 5) is 37.5. The molecule has 0 aromatic carbocycles.